The molecule has 2 heterocycles. The van der Waals surface area contributed by atoms with Crippen molar-refractivity contribution in [3.05, 3.63) is 17.8 Å². The molecular weight excluding hydrogens is 204 g/mol. The average molecular weight is 224 g/mol. The molecule has 1 aromatic heterocycles. The maximum Gasteiger partial charge on any atom is 0.196 e. The van der Waals surface area contributed by atoms with E-state index < -0.39 is 0 Å². The SMILES string of the molecule is NCCCc1coc(CC2CCCCO2)n1. The molecule has 1 unspecified atom stereocenters. The standard InChI is InChI=1S/C12H20N2O2/c13-6-3-4-10-9-16-12(14-10)8-11-5-1-2-7-15-11/h9,11H,1-8,13H2. The predicted molar refractivity (Wildman–Crippen MR) is 61.2 cm³/mol. The first-order valence-corrected chi connectivity index (χ1v) is 6.13. The van der Waals surface area contributed by atoms with Crippen LogP contribution in [0.5, 0.6) is 0 Å². The van der Waals surface area contributed by atoms with Crippen LogP contribution in [0, 0.1) is 0 Å². The Labute approximate surface area is 96.2 Å². The molecule has 90 valence electrons. The molecule has 1 atom stereocenters. The minimum atomic E-state index is 0.301. The minimum Gasteiger partial charge on any atom is -0.449 e. The molecule has 0 aliphatic carbocycles. The first kappa shape index (κ1) is 11.6. The zero-order valence-corrected chi connectivity index (χ0v) is 9.65. The summed E-state index contributed by atoms with van der Waals surface area (Å²) in [6.07, 6.45) is 8.29. The monoisotopic (exact) mass is 224 g/mol. The van der Waals surface area contributed by atoms with Gasteiger partial charge in [0.1, 0.15) is 6.26 Å². The fourth-order valence-corrected chi connectivity index (χ4v) is 2.00. The lowest BCUT2D eigenvalue weighted by Crippen LogP contribution is -2.21. The maximum atomic E-state index is 5.65. The van der Waals surface area contributed by atoms with Gasteiger partial charge in [-0.05, 0) is 38.6 Å². The van der Waals surface area contributed by atoms with Crippen LogP contribution in [0.3, 0.4) is 0 Å². The first-order valence-electron chi connectivity index (χ1n) is 6.13. The second kappa shape index (κ2) is 6.01. The van der Waals surface area contributed by atoms with E-state index in [0.29, 0.717) is 12.6 Å². The Morgan fingerprint density at radius 2 is 2.38 bits per heavy atom. The molecule has 1 fully saturated rings. The van der Waals surface area contributed by atoms with Gasteiger partial charge in [0, 0.05) is 6.61 Å². The van der Waals surface area contributed by atoms with E-state index in [1.807, 2.05) is 0 Å². The third kappa shape index (κ3) is 3.32. The topological polar surface area (TPSA) is 61.3 Å². The van der Waals surface area contributed by atoms with Crippen molar-refractivity contribution in [2.24, 2.45) is 5.73 Å². The average Bonchev–Trinajstić information content (AvgIpc) is 2.75. The van der Waals surface area contributed by atoms with Crippen LogP contribution >= 0.6 is 0 Å². The van der Waals surface area contributed by atoms with Gasteiger partial charge in [0.25, 0.3) is 0 Å². The molecule has 1 saturated heterocycles. The Morgan fingerprint density at radius 1 is 1.44 bits per heavy atom. The van der Waals surface area contributed by atoms with Gasteiger partial charge < -0.3 is 14.9 Å². The molecule has 0 radical (unpaired) electrons. The maximum absolute atomic E-state index is 5.65. The highest BCUT2D eigenvalue weighted by molar-refractivity contribution is 4.98. The van der Waals surface area contributed by atoms with Crippen molar-refractivity contribution in [2.75, 3.05) is 13.2 Å². The van der Waals surface area contributed by atoms with Crippen molar-refractivity contribution < 1.29 is 9.15 Å². The van der Waals surface area contributed by atoms with Crippen LogP contribution in [0.1, 0.15) is 37.3 Å². The summed E-state index contributed by atoms with van der Waals surface area (Å²) in [4.78, 5) is 4.44. The van der Waals surface area contributed by atoms with Crippen LogP contribution in [0.2, 0.25) is 0 Å². The van der Waals surface area contributed by atoms with Gasteiger partial charge in [-0.1, -0.05) is 0 Å². The molecule has 1 aromatic rings. The molecule has 2 rings (SSSR count). The Balaban J connectivity index is 1.81. The smallest absolute Gasteiger partial charge is 0.196 e. The Kier molecular flexibility index (Phi) is 4.36. The van der Waals surface area contributed by atoms with E-state index in [9.17, 15) is 0 Å². The first-order chi connectivity index (χ1) is 7.88. The van der Waals surface area contributed by atoms with Gasteiger partial charge in [0.05, 0.1) is 18.2 Å². The number of nitrogens with two attached hydrogens (primary N) is 1. The molecule has 2 N–H and O–H groups in total. The number of rotatable bonds is 5. The van der Waals surface area contributed by atoms with Gasteiger partial charge in [0.15, 0.2) is 5.89 Å². The molecule has 0 aromatic carbocycles. The molecule has 0 amide bonds. The van der Waals surface area contributed by atoms with Gasteiger partial charge in [-0.3, -0.25) is 0 Å². The number of aromatic nitrogens is 1. The Hall–Kier alpha value is -0.870. The quantitative estimate of drug-likeness (QED) is 0.826. The van der Waals surface area contributed by atoms with E-state index in [-0.39, 0.29) is 0 Å². The number of hydrogen-bond donors (Lipinski definition) is 1. The second-order valence-corrected chi connectivity index (χ2v) is 4.32. The van der Waals surface area contributed by atoms with Crippen molar-refractivity contribution in [3.8, 4) is 0 Å². The third-order valence-electron chi connectivity index (χ3n) is 2.91. The molecular formula is C12H20N2O2. The number of ether oxygens (including phenoxy) is 1. The van der Waals surface area contributed by atoms with E-state index in [2.05, 4.69) is 4.98 Å². The predicted octanol–water partition coefficient (Wildman–Crippen LogP) is 1.68. The highest BCUT2D eigenvalue weighted by Gasteiger charge is 2.17. The van der Waals surface area contributed by atoms with Crippen molar-refractivity contribution in [3.63, 3.8) is 0 Å². The lowest BCUT2D eigenvalue weighted by Gasteiger charge is -2.20. The van der Waals surface area contributed by atoms with Gasteiger partial charge in [0.2, 0.25) is 0 Å². The number of hydrogen-bond acceptors (Lipinski definition) is 4. The second-order valence-electron chi connectivity index (χ2n) is 4.32. The van der Waals surface area contributed by atoms with Gasteiger partial charge in [-0.2, -0.15) is 0 Å². The summed E-state index contributed by atoms with van der Waals surface area (Å²) >= 11 is 0. The van der Waals surface area contributed by atoms with Crippen molar-refractivity contribution in [1.82, 2.24) is 4.98 Å². The van der Waals surface area contributed by atoms with Gasteiger partial charge in [-0.15, -0.1) is 0 Å². The Bertz CT molecular complexity index is 306. The van der Waals surface area contributed by atoms with Crippen LogP contribution in [-0.4, -0.2) is 24.2 Å². The molecule has 0 bridgehead atoms. The summed E-state index contributed by atoms with van der Waals surface area (Å²) in [5.74, 6) is 0.805. The zero-order valence-electron chi connectivity index (χ0n) is 9.65. The van der Waals surface area contributed by atoms with Crippen molar-refractivity contribution >= 4 is 0 Å². The molecule has 4 heteroatoms. The van der Waals surface area contributed by atoms with Crippen LogP contribution < -0.4 is 5.73 Å². The highest BCUT2D eigenvalue weighted by Crippen LogP contribution is 2.17. The van der Waals surface area contributed by atoms with Gasteiger partial charge in [-0.25, -0.2) is 4.98 Å². The highest BCUT2D eigenvalue weighted by atomic mass is 16.5. The summed E-state index contributed by atoms with van der Waals surface area (Å²) < 4.78 is 11.1. The van der Waals surface area contributed by atoms with Crippen molar-refractivity contribution in [1.29, 1.82) is 0 Å². The molecule has 0 spiro atoms. The molecule has 0 saturated carbocycles. The van der Waals surface area contributed by atoms with E-state index in [1.165, 1.54) is 12.8 Å². The largest absolute Gasteiger partial charge is 0.449 e. The normalized spacial score (nSPS) is 21.2. The van der Waals surface area contributed by atoms with E-state index in [0.717, 1.165) is 43.9 Å². The number of aryl methyl sites for hydroxylation is 1. The van der Waals surface area contributed by atoms with Crippen molar-refractivity contribution in [2.45, 2.75) is 44.6 Å². The number of nitrogens with zero attached hydrogens (tertiary/aromatic N) is 1. The molecule has 1 aliphatic heterocycles. The van der Waals surface area contributed by atoms with Crippen LogP contribution in [0.4, 0.5) is 0 Å². The van der Waals surface area contributed by atoms with Crippen LogP contribution in [0.25, 0.3) is 0 Å². The summed E-state index contributed by atoms with van der Waals surface area (Å²) in [6, 6.07) is 0. The molecule has 16 heavy (non-hydrogen) atoms. The third-order valence-corrected chi connectivity index (χ3v) is 2.91. The van der Waals surface area contributed by atoms with E-state index in [4.69, 9.17) is 14.9 Å². The fraction of sp³-hybridized carbons (Fsp3) is 0.750. The van der Waals surface area contributed by atoms with Crippen LogP contribution in [-0.2, 0) is 17.6 Å². The lowest BCUT2D eigenvalue weighted by atomic mass is 10.1. The lowest BCUT2D eigenvalue weighted by molar-refractivity contribution is 0.0132. The minimum absolute atomic E-state index is 0.301. The summed E-state index contributed by atoms with van der Waals surface area (Å²) in [6.45, 7) is 1.58. The summed E-state index contributed by atoms with van der Waals surface area (Å²) in [5.41, 5.74) is 6.46. The zero-order chi connectivity index (χ0) is 11.2. The summed E-state index contributed by atoms with van der Waals surface area (Å²) in [7, 11) is 0. The van der Waals surface area contributed by atoms with Crippen LogP contribution in [0.15, 0.2) is 10.7 Å². The van der Waals surface area contributed by atoms with E-state index >= 15 is 0 Å². The molecule has 1 aliphatic rings. The fourth-order valence-electron chi connectivity index (χ4n) is 2.00. The van der Waals surface area contributed by atoms with Gasteiger partial charge >= 0.3 is 0 Å². The molecule has 4 nitrogen and oxygen atoms in total. The van der Waals surface area contributed by atoms with E-state index in [1.54, 1.807) is 6.26 Å². The number of oxazole rings is 1. The Morgan fingerprint density at radius 3 is 3.12 bits per heavy atom. The summed E-state index contributed by atoms with van der Waals surface area (Å²) in [5, 5.41) is 0.